The van der Waals surface area contributed by atoms with Crippen molar-refractivity contribution < 1.29 is 0 Å². The molecular formula is C13H14ClN3. The van der Waals surface area contributed by atoms with Gasteiger partial charge in [0.25, 0.3) is 0 Å². The quantitative estimate of drug-likeness (QED) is 0.876. The molecule has 0 aliphatic heterocycles. The number of benzene rings is 1. The smallest absolute Gasteiger partial charge is 0.149 e. The van der Waals surface area contributed by atoms with Gasteiger partial charge in [-0.25, -0.2) is 4.98 Å². The number of nitrogens with two attached hydrogens (primary N) is 1. The van der Waals surface area contributed by atoms with Gasteiger partial charge in [0, 0.05) is 12.7 Å². The van der Waals surface area contributed by atoms with Gasteiger partial charge in [0.05, 0.1) is 10.7 Å². The van der Waals surface area contributed by atoms with E-state index in [4.69, 9.17) is 17.3 Å². The average molecular weight is 248 g/mol. The highest BCUT2D eigenvalue weighted by Crippen LogP contribution is 2.20. The second-order valence-corrected chi connectivity index (χ2v) is 4.31. The van der Waals surface area contributed by atoms with Crippen molar-refractivity contribution in [2.24, 2.45) is 0 Å². The molecule has 0 unspecified atom stereocenters. The van der Waals surface area contributed by atoms with E-state index in [1.807, 2.05) is 12.1 Å². The molecule has 0 aliphatic rings. The number of anilines is 2. The van der Waals surface area contributed by atoms with Gasteiger partial charge in [0.1, 0.15) is 5.82 Å². The summed E-state index contributed by atoms with van der Waals surface area (Å²) >= 11 is 5.79. The van der Waals surface area contributed by atoms with Gasteiger partial charge < -0.3 is 11.1 Å². The van der Waals surface area contributed by atoms with E-state index in [9.17, 15) is 0 Å². The Morgan fingerprint density at radius 1 is 1.35 bits per heavy atom. The average Bonchev–Trinajstić information content (AvgIpc) is 2.30. The molecular weight excluding hydrogens is 234 g/mol. The Hall–Kier alpha value is -1.74. The number of hydrogen-bond acceptors (Lipinski definition) is 3. The number of pyridine rings is 1. The Balaban J connectivity index is 2.10. The van der Waals surface area contributed by atoms with E-state index in [0.29, 0.717) is 23.1 Å². The van der Waals surface area contributed by atoms with E-state index in [1.54, 1.807) is 12.3 Å². The van der Waals surface area contributed by atoms with Crippen LogP contribution in [0.15, 0.2) is 36.5 Å². The van der Waals surface area contributed by atoms with E-state index in [2.05, 4.69) is 29.4 Å². The first-order valence-electron chi connectivity index (χ1n) is 5.36. The topological polar surface area (TPSA) is 50.9 Å². The molecule has 0 saturated heterocycles. The fraction of sp³-hybridized carbons (Fsp3) is 0.154. The molecule has 2 rings (SSSR count). The Morgan fingerprint density at radius 3 is 2.82 bits per heavy atom. The van der Waals surface area contributed by atoms with Gasteiger partial charge in [-0.2, -0.15) is 0 Å². The third-order valence-corrected chi connectivity index (χ3v) is 2.80. The summed E-state index contributed by atoms with van der Waals surface area (Å²) in [4.78, 5) is 4.15. The van der Waals surface area contributed by atoms with Crippen molar-refractivity contribution in [3.8, 4) is 0 Å². The van der Waals surface area contributed by atoms with Gasteiger partial charge in [0.2, 0.25) is 0 Å². The molecule has 0 radical (unpaired) electrons. The number of aromatic nitrogens is 1. The molecule has 0 saturated carbocycles. The fourth-order valence-electron chi connectivity index (χ4n) is 1.59. The van der Waals surface area contributed by atoms with Crippen LogP contribution in [-0.2, 0) is 6.54 Å². The molecule has 17 heavy (non-hydrogen) atoms. The minimum atomic E-state index is 0.545. The van der Waals surface area contributed by atoms with Crippen LogP contribution in [0.25, 0.3) is 0 Å². The zero-order chi connectivity index (χ0) is 12.3. The molecule has 4 heteroatoms. The van der Waals surface area contributed by atoms with Crippen molar-refractivity contribution in [1.82, 2.24) is 4.98 Å². The Bertz CT molecular complexity index is 526. The predicted molar refractivity (Wildman–Crippen MR) is 72.2 cm³/mol. The molecule has 1 aromatic heterocycles. The summed E-state index contributed by atoms with van der Waals surface area (Å²) in [7, 11) is 0. The first kappa shape index (κ1) is 11.7. The SMILES string of the molecule is Cc1ccccc1CNc1ncc(Cl)cc1N. The highest BCUT2D eigenvalue weighted by Gasteiger charge is 2.02. The van der Waals surface area contributed by atoms with E-state index < -0.39 is 0 Å². The first-order valence-corrected chi connectivity index (χ1v) is 5.74. The van der Waals surface area contributed by atoms with Crippen LogP contribution in [0.5, 0.6) is 0 Å². The molecule has 0 aliphatic carbocycles. The molecule has 1 aromatic carbocycles. The largest absolute Gasteiger partial charge is 0.396 e. The minimum absolute atomic E-state index is 0.545. The molecule has 88 valence electrons. The van der Waals surface area contributed by atoms with E-state index in [0.717, 1.165) is 0 Å². The third kappa shape index (κ3) is 2.88. The first-order chi connectivity index (χ1) is 8.16. The van der Waals surface area contributed by atoms with E-state index in [1.165, 1.54) is 11.1 Å². The minimum Gasteiger partial charge on any atom is -0.396 e. The molecule has 0 spiro atoms. The van der Waals surface area contributed by atoms with Crippen LogP contribution in [0, 0.1) is 6.92 Å². The normalized spacial score (nSPS) is 10.2. The highest BCUT2D eigenvalue weighted by molar-refractivity contribution is 6.30. The van der Waals surface area contributed by atoms with Crippen molar-refractivity contribution in [2.75, 3.05) is 11.1 Å². The van der Waals surface area contributed by atoms with Crippen LogP contribution in [-0.4, -0.2) is 4.98 Å². The zero-order valence-electron chi connectivity index (χ0n) is 9.57. The summed E-state index contributed by atoms with van der Waals surface area (Å²) in [5.41, 5.74) is 8.84. The predicted octanol–water partition coefficient (Wildman–Crippen LogP) is 3.24. The summed E-state index contributed by atoms with van der Waals surface area (Å²) in [6.45, 7) is 2.78. The van der Waals surface area contributed by atoms with Crippen molar-refractivity contribution in [3.05, 3.63) is 52.7 Å². The third-order valence-electron chi connectivity index (χ3n) is 2.59. The van der Waals surface area contributed by atoms with Crippen LogP contribution < -0.4 is 11.1 Å². The molecule has 0 atom stereocenters. The summed E-state index contributed by atoms with van der Waals surface area (Å²) in [5, 5.41) is 3.75. The summed E-state index contributed by atoms with van der Waals surface area (Å²) in [6.07, 6.45) is 1.58. The van der Waals surface area contributed by atoms with Crippen molar-refractivity contribution in [1.29, 1.82) is 0 Å². The molecule has 1 heterocycles. The van der Waals surface area contributed by atoms with Crippen LogP contribution >= 0.6 is 11.6 Å². The number of nitrogen functional groups attached to an aromatic ring is 1. The number of hydrogen-bond donors (Lipinski definition) is 2. The lowest BCUT2D eigenvalue weighted by atomic mass is 10.1. The van der Waals surface area contributed by atoms with Crippen LogP contribution in [0.4, 0.5) is 11.5 Å². The van der Waals surface area contributed by atoms with Gasteiger partial charge in [-0.05, 0) is 24.1 Å². The zero-order valence-corrected chi connectivity index (χ0v) is 10.3. The van der Waals surface area contributed by atoms with Gasteiger partial charge in [0.15, 0.2) is 0 Å². The molecule has 3 N–H and O–H groups in total. The number of nitrogens with zero attached hydrogens (tertiary/aromatic N) is 1. The maximum atomic E-state index is 5.81. The maximum absolute atomic E-state index is 5.81. The second kappa shape index (κ2) is 5.06. The Morgan fingerprint density at radius 2 is 2.12 bits per heavy atom. The number of nitrogens with one attached hydrogen (secondary N) is 1. The van der Waals surface area contributed by atoms with Crippen LogP contribution in [0.2, 0.25) is 5.02 Å². The van der Waals surface area contributed by atoms with Crippen molar-refractivity contribution in [3.63, 3.8) is 0 Å². The van der Waals surface area contributed by atoms with Gasteiger partial charge >= 0.3 is 0 Å². The molecule has 0 fully saturated rings. The molecule has 0 amide bonds. The van der Waals surface area contributed by atoms with Crippen molar-refractivity contribution >= 4 is 23.1 Å². The number of aryl methyl sites for hydroxylation is 1. The lowest BCUT2D eigenvalue weighted by Gasteiger charge is -2.10. The highest BCUT2D eigenvalue weighted by atomic mass is 35.5. The standard InChI is InChI=1S/C13H14ClN3/c1-9-4-2-3-5-10(9)7-16-13-12(15)6-11(14)8-17-13/h2-6,8H,7,15H2,1H3,(H,16,17). The molecule has 3 nitrogen and oxygen atoms in total. The molecule has 0 bridgehead atoms. The fourth-order valence-corrected chi connectivity index (χ4v) is 1.76. The monoisotopic (exact) mass is 247 g/mol. The number of halogens is 1. The van der Waals surface area contributed by atoms with Gasteiger partial charge in [-0.15, -0.1) is 0 Å². The number of rotatable bonds is 3. The summed E-state index contributed by atoms with van der Waals surface area (Å²) in [6, 6.07) is 9.88. The molecule has 2 aromatic rings. The van der Waals surface area contributed by atoms with Gasteiger partial charge in [-0.3, -0.25) is 0 Å². The summed E-state index contributed by atoms with van der Waals surface area (Å²) < 4.78 is 0. The van der Waals surface area contributed by atoms with Crippen LogP contribution in [0.1, 0.15) is 11.1 Å². The lowest BCUT2D eigenvalue weighted by molar-refractivity contribution is 1.09. The maximum Gasteiger partial charge on any atom is 0.149 e. The van der Waals surface area contributed by atoms with Gasteiger partial charge in [-0.1, -0.05) is 35.9 Å². The van der Waals surface area contributed by atoms with Crippen molar-refractivity contribution in [2.45, 2.75) is 13.5 Å². The Labute approximate surface area is 106 Å². The van der Waals surface area contributed by atoms with E-state index >= 15 is 0 Å². The summed E-state index contributed by atoms with van der Waals surface area (Å²) in [5.74, 6) is 0.664. The Kier molecular flexibility index (Phi) is 3.49. The second-order valence-electron chi connectivity index (χ2n) is 3.87. The lowest BCUT2D eigenvalue weighted by Crippen LogP contribution is -2.05. The van der Waals surface area contributed by atoms with Crippen LogP contribution in [0.3, 0.4) is 0 Å². The van der Waals surface area contributed by atoms with E-state index in [-0.39, 0.29) is 0 Å².